The van der Waals surface area contributed by atoms with Gasteiger partial charge in [-0.25, -0.2) is 9.97 Å². The van der Waals surface area contributed by atoms with Gasteiger partial charge in [0.1, 0.15) is 11.6 Å². The number of anilines is 1. The van der Waals surface area contributed by atoms with E-state index in [4.69, 9.17) is 14.7 Å². The molecule has 0 aliphatic carbocycles. The number of methoxy groups -OCH3 is 1. The Bertz CT molecular complexity index is 1190. The van der Waals surface area contributed by atoms with E-state index < -0.39 is 0 Å². The van der Waals surface area contributed by atoms with Gasteiger partial charge in [-0.1, -0.05) is 30.3 Å². The summed E-state index contributed by atoms with van der Waals surface area (Å²) < 4.78 is 5.70. The van der Waals surface area contributed by atoms with Gasteiger partial charge in [-0.3, -0.25) is 9.88 Å². The quantitative estimate of drug-likeness (QED) is 0.452. The van der Waals surface area contributed by atoms with E-state index in [-0.39, 0.29) is 6.04 Å². The summed E-state index contributed by atoms with van der Waals surface area (Å²) in [6, 6.07) is 20.5. The van der Waals surface area contributed by atoms with E-state index in [1.165, 1.54) is 18.4 Å². The van der Waals surface area contributed by atoms with E-state index in [0.717, 1.165) is 47.7 Å². The van der Waals surface area contributed by atoms with Crippen LogP contribution in [0, 0.1) is 0 Å². The number of fused-ring (bicyclic) bond motifs is 1. The molecule has 2 aromatic heterocycles. The van der Waals surface area contributed by atoms with Crippen molar-refractivity contribution in [3.63, 3.8) is 0 Å². The lowest BCUT2D eigenvalue weighted by atomic mass is 10.0. The van der Waals surface area contributed by atoms with E-state index in [1.54, 1.807) is 19.5 Å². The van der Waals surface area contributed by atoms with Gasteiger partial charge in [0.25, 0.3) is 0 Å². The lowest BCUT2D eigenvalue weighted by molar-refractivity contribution is 0.249. The number of nitrogens with one attached hydrogen (secondary N) is 1. The zero-order valence-corrected chi connectivity index (χ0v) is 18.2. The van der Waals surface area contributed by atoms with E-state index >= 15 is 0 Å². The Morgan fingerprint density at radius 3 is 2.50 bits per heavy atom. The van der Waals surface area contributed by atoms with Crippen LogP contribution in [0.15, 0.2) is 73.1 Å². The summed E-state index contributed by atoms with van der Waals surface area (Å²) in [5.74, 6) is 2.47. The van der Waals surface area contributed by atoms with Gasteiger partial charge in [-0.15, -0.1) is 0 Å². The van der Waals surface area contributed by atoms with Crippen molar-refractivity contribution >= 4 is 16.7 Å². The van der Waals surface area contributed by atoms with Crippen molar-refractivity contribution in [2.45, 2.75) is 18.9 Å². The van der Waals surface area contributed by atoms with Crippen LogP contribution in [-0.4, -0.2) is 46.6 Å². The molecular weight excluding hydrogens is 398 g/mol. The third kappa shape index (κ3) is 4.14. The molecule has 32 heavy (non-hydrogen) atoms. The second-order valence-electron chi connectivity index (χ2n) is 8.03. The maximum absolute atomic E-state index is 5.70. The number of nitrogens with zero attached hydrogens (tertiary/aromatic N) is 4. The molecule has 0 saturated carbocycles. The molecule has 6 heteroatoms. The highest BCUT2D eigenvalue weighted by Gasteiger charge is 2.26. The van der Waals surface area contributed by atoms with Gasteiger partial charge >= 0.3 is 0 Å². The van der Waals surface area contributed by atoms with Gasteiger partial charge in [0.05, 0.1) is 18.7 Å². The van der Waals surface area contributed by atoms with Gasteiger partial charge in [0, 0.05) is 35.5 Å². The first-order valence-corrected chi connectivity index (χ1v) is 11.1. The van der Waals surface area contributed by atoms with Gasteiger partial charge < -0.3 is 10.1 Å². The molecule has 2 aromatic carbocycles. The molecule has 1 saturated heterocycles. The smallest absolute Gasteiger partial charge is 0.162 e. The molecule has 1 atom stereocenters. The number of hydrogen-bond donors (Lipinski definition) is 1. The third-order valence-corrected chi connectivity index (χ3v) is 6.08. The zero-order valence-electron chi connectivity index (χ0n) is 18.2. The van der Waals surface area contributed by atoms with Crippen LogP contribution in [0.3, 0.4) is 0 Å². The van der Waals surface area contributed by atoms with Crippen LogP contribution >= 0.6 is 0 Å². The molecule has 1 unspecified atom stereocenters. The second kappa shape index (κ2) is 9.32. The third-order valence-electron chi connectivity index (χ3n) is 6.08. The van der Waals surface area contributed by atoms with E-state index in [1.807, 2.05) is 42.5 Å². The highest BCUT2D eigenvalue weighted by atomic mass is 16.5. The molecular formula is C26H27N5O. The van der Waals surface area contributed by atoms with Gasteiger partial charge in [0.15, 0.2) is 5.82 Å². The van der Waals surface area contributed by atoms with Gasteiger partial charge in [-0.05, 0) is 56.3 Å². The van der Waals surface area contributed by atoms with Crippen LogP contribution in [0.5, 0.6) is 5.75 Å². The average molecular weight is 426 g/mol. The second-order valence-corrected chi connectivity index (χ2v) is 8.03. The summed E-state index contributed by atoms with van der Waals surface area (Å²) in [7, 11) is 1.74. The largest absolute Gasteiger partial charge is 0.496 e. The van der Waals surface area contributed by atoms with Crippen LogP contribution in [0.4, 0.5) is 5.82 Å². The molecule has 3 heterocycles. The number of para-hydroxylation sites is 2. The number of rotatable bonds is 7. The molecule has 162 valence electrons. The summed E-state index contributed by atoms with van der Waals surface area (Å²) in [5.41, 5.74) is 3.08. The number of ether oxygens (including phenoxy) is 1. The van der Waals surface area contributed by atoms with Crippen LogP contribution in [0.25, 0.3) is 22.3 Å². The lowest BCUT2D eigenvalue weighted by Crippen LogP contribution is -2.31. The van der Waals surface area contributed by atoms with Crippen molar-refractivity contribution in [2.75, 3.05) is 32.1 Å². The molecule has 4 aromatic rings. The first kappa shape index (κ1) is 20.4. The molecule has 1 aliphatic heterocycles. The monoisotopic (exact) mass is 425 g/mol. The summed E-state index contributed by atoms with van der Waals surface area (Å²) in [5, 5.41) is 4.68. The first-order chi connectivity index (χ1) is 15.8. The summed E-state index contributed by atoms with van der Waals surface area (Å²) in [6.07, 6.45) is 6.00. The average Bonchev–Trinajstić information content (AvgIpc) is 3.39. The fourth-order valence-corrected chi connectivity index (χ4v) is 4.47. The van der Waals surface area contributed by atoms with E-state index in [9.17, 15) is 0 Å². The Morgan fingerprint density at radius 1 is 0.938 bits per heavy atom. The Kier molecular flexibility index (Phi) is 5.94. The van der Waals surface area contributed by atoms with Crippen LogP contribution < -0.4 is 10.1 Å². The molecule has 1 N–H and O–H groups in total. The topological polar surface area (TPSA) is 63.2 Å². The number of hydrogen-bond acceptors (Lipinski definition) is 6. The van der Waals surface area contributed by atoms with Gasteiger partial charge in [-0.2, -0.15) is 0 Å². The summed E-state index contributed by atoms with van der Waals surface area (Å²) in [4.78, 5) is 16.4. The molecule has 5 rings (SSSR count). The van der Waals surface area contributed by atoms with Crippen molar-refractivity contribution < 1.29 is 4.74 Å². The minimum Gasteiger partial charge on any atom is -0.496 e. The predicted molar refractivity (Wildman–Crippen MR) is 128 cm³/mol. The maximum Gasteiger partial charge on any atom is 0.162 e. The maximum atomic E-state index is 5.70. The van der Waals surface area contributed by atoms with Crippen LogP contribution in [0.1, 0.15) is 24.4 Å². The fraction of sp³-hybridized carbons (Fsp3) is 0.269. The van der Waals surface area contributed by atoms with Crippen LogP contribution in [-0.2, 0) is 0 Å². The molecule has 6 nitrogen and oxygen atoms in total. The SMILES string of the molecule is COc1ccccc1C(CNc1nc(-c2ccncc2)nc2ccccc12)N1CCCC1. The molecule has 1 fully saturated rings. The van der Waals surface area contributed by atoms with E-state index in [2.05, 4.69) is 33.4 Å². The summed E-state index contributed by atoms with van der Waals surface area (Å²) in [6.45, 7) is 2.92. The zero-order chi connectivity index (χ0) is 21.8. The lowest BCUT2D eigenvalue weighted by Gasteiger charge is -2.29. The highest BCUT2D eigenvalue weighted by Crippen LogP contribution is 2.33. The van der Waals surface area contributed by atoms with Gasteiger partial charge in [0.2, 0.25) is 0 Å². The van der Waals surface area contributed by atoms with Crippen molar-refractivity contribution in [2.24, 2.45) is 0 Å². The summed E-state index contributed by atoms with van der Waals surface area (Å²) >= 11 is 0. The Hall–Kier alpha value is -3.51. The molecule has 1 aliphatic rings. The minimum absolute atomic E-state index is 0.201. The molecule has 0 bridgehead atoms. The molecule has 0 spiro atoms. The van der Waals surface area contributed by atoms with E-state index in [0.29, 0.717) is 5.82 Å². The first-order valence-electron chi connectivity index (χ1n) is 11.1. The fourth-order valence-electron chi connectivity index (χ4n) is 4.47. The highest BCUT2D eigenvalue weighted by molar-refractivity contribution is 5.90. The number of aromatic nitrogens is 3. The number of pyridine rings is 1. The van der Waals surface area contributed by atoms with Crippen LogP contribution in [0.2, 0.25) is 0 Å². The number of likely N-dealkylation sites (tertiary alicyclic amines) is 1. The van der Waals surface area contributed by atoms with Crippen molar-refractivity contribution in [1.82, 2.24) is 19.9 Å². The normalized spacial score (nSPS) is 15.0. The predicted octanol–water partition coefficient (Wildman–Crippen LogP) is 4.95. The van der Waals surface area contributed by atoms with Crippen molar-refractivity contribution in [3.8, 4) is 17.1 Å². The van der Waals surface area contributed by atoms with Crippen molar-refractivity contribution in [1.29, 1.82) is 0 Å². The molecule has 0 radical (unpaired) electrons. The standard InChI is InChI=1S/C26H27N5O/c1-32-24-11-5-3-9-21(24)23(31-16-6-7-17-31)18-28-26-20-8-2-4-10-22(20)29-25(30-26)19-12-14-27-15-13-19/h2-5,8-15,23H,6-7,16-18H2,1H3,(H,28,29,30). The van der Waals surface area contributed by atoms with Crippen molar-refractivity contribution in [3.05, 3.63) is 78.6 Å². The minimum atomic E-state index is 0.201. The Balaban J connectivity index is 1.51. The Morgan fingerprint density at radius 2 is 1.69 bits per heavy atom. The number of benzene rings is 2. The Labute approximate surface area is 188 Å². The molecule has 0 amide bonds.